The van der Waals surface area contributed by atoms with Gasteiger partial charge in [0.1, 0.15) is 0 Å². The second kappa shape index (κ2) is 9.37. The number of allylic oxidation sites excluding steroid dienone is 4. The molecule has 0 radical (unpaired) electrons. The molecule has 0 heterocycles. The van der Waals surface area contributed by atoms with E-state index in [4.69, 9.17) is 0 Å². The maximum atomic E-state index is 10.3. The number of rotatable bonds is 5. The van der Waals surface area contributed by atoms with Crippen LogP contribution in [0.3, 0.4) is 0 Å². The van der Waals surface area contributed by atoms with Gasteiger partial charge in [-0.2, -0.15) is 0 Å². The Morgan fingerprint density at radius 2 is 1.84 bits per heavy atom. The van der Waals surface area contributed by atoms with E-state index in [1.165, 1.54) is 31.3 Å². The van der Waals surface area contributed by atoms with E-state index in [2.05, 4.69) is 51.7 Å². The van der Waals surface area contributed by atoms with Crippen LogP contribution in [0.15, 0.2) is 47.6 Å². The van der Waals surface area contributed by atoms with Crippen molar-refractivity contribution >= 4 is 0 Å². The van der Waals surface area contributed by atoms with Crippen LogP contribution in [-0.2, 0) is 0 Å². The Labute approximate surface area is 189 Å². The molecule has 0 unspecified atom stereocenters. The zero-order chi connectivity index (χ0) is 23.0. The Morgan fingerprint density at radius 1 is 1.13 bits per heavy atom. The lowest BCUT2D eigenvalue weighted by Crippen LogP contribution is -2.35. The molecule has 3 saturated carbocycles. The molecule has 0 aromatic carbocycles. The number of hydrogen-bond acceptors (Lipinski definition) is 3. The smallest absolute Gasteiger partial charge is 0.0811 e. The molecule has 3 aliphatic carbocycles. The summed E-state index contributed by atoms with van der Waals surface area (Å²) < 4.78 is 0. The minimum atomic E-state index is -0.684. The summed E-state index contributed by atoms with van der Waals surface area (Å²) in [6.07, 6.45) is 15.0. The van der Waals surface area contributed by atoms with Gasteiger partial charge in [0.25, 0.3) is 0 Å². The fourth-order valence-corrected chi connectivity index (χ4v) is 6.32. The van der Waals surface area contributed by atoms with E-state index < -0.39 is 17.8 Å². The van der Waals surface area contributed by atoms with Crippen LogP contribution in [0.1, 0.15) is 79.6 Å². The number of aliphatic hydroxyl groups excluding tert-OH is 2. The first-order chi connectivity index (χ1) is 14.4. The number of fused-ring (bicyclic) bond motifs is 1. The second-order valence-corrected chi connectivity index (χ2v) is 11.4. The maximum Gasteiger partial charge on any atom is 0.0811 e. The van der Waals surface area contributed by atoms with Gasteiger partial charge in [-0.05, 0) is 86.7 Å². The average molecular weight is 431 g/mol. The van der Waals surface area contributed by atoms with Gasteiger partial charge in [0.05, 0.1) is 17.8 Å². The molecule has 3 rings (SSSR count). The van der Waals surface area contributed by atoms with E-state index >= 15 is 0 Å². The van der Waals surface area contributed by atoms with Gasteiger partial charge in [-0.25, -0.2) is 0 Å². The molecule has 0 amide bonds. The van der Waals surface area contributed by atoms with Gasteiger partial charge < -0.3 is 15.3 Å². The van der Waals surface area contributed by atoms with E-state index in [9.17, 15) is 15.3 Å². The van der Waals surface area contributed by atoms with E-state index in [-0.39, 0.29) is 5.92 Å². The molecule has 0 aromatic heterocycles. The summed E-state index contributed by atoms with van der Waals surface area (Å²) in [7, 11) is 0. The third-order valence-electron chi connectivity index (χ3n) is 8.75. The first kappa shape index (κ1) is 24.5. The minimum absolute atomic E-state index is 0.141. The topological polar surface area (TPSA) is 60.7 Å². The monoisotopic (exact) mass is 430 g/mol. The second-order valence-electron chi connectivity index (χ2n) is 11.4. The lowest BCUT2D eigenvalue weighted by molar-refractivity contribution is 0.0436. The predicted octanol–water partition coefficient (Wildman–Crippen LogP) is 5.73. The van der Waals surface area contributed by atoms with E-state index in [0.29, 0.717) is 36.0 Å². The zero-order valence-corrected chi connectivity index (χ0v) is 20.3. The van der Waals surface area contributed by atoms with Crippen LogP contribution in [0, 0.1) is 29.1 Å². The summed E-state index contributed by atoms with van der Waals surface area (Å²) >= 11 is 0. The summed E-state index contributed by atoms with van der Waals surface area (Å²) in [6, 6.07) is 0. The summed E-state index contributed by atoms with van der Waals surface area (Å²) in [5.41, 5.74) is 2.93. The van der Waals surface area contributed by atoms with Crippen molar-refractivity contribution < 1.29 is 15.3 Å². The summed E-state index contributed by atoms with van der Waals surface area (Å²) in [4.78, 5) is 0. The van der Waals surface area contributed by atoms with Gasteiger partial charge in [-0.1, -0.05) is 57.2 Å². The Hall–Kier alpha value is -1.16. The molecule has 3 nitrogen and oxygen atoms in total. The zero-order valence-electron chi connectivity index (χ0n) is 20.3. The van der Waals surface area contributed by atoms with Crippen LogP contribution in [-0.4, -0.2) is 33.1 Å². The summed E-state index contributed by atoms with van der Waals surface area (Å²) in [6.45, 7) is 14.7. The fourth-order valence-electron chi connectivity index (χ4n) is 6.32. The van der Waals surface area contributed by atoms with Crippen molar-refractivity contribution in [1.82, 2.24) is 0 Å². The normalized spacial score (nSPS) is 39.3. The third kappa shape index (κ3) is 5.26. The van der Waals surface area contributed by atoms with Crippen molar-refractivity contribution in [2.75, 3.05) is 0 Å². The van der Waals surface area contributed by atoms with Crippen molar-refractivity contribution in [2.24, 2.45) is 29.1 Å². The molecule has 0 aromatic rings. The Balaban J connectivity index is 1.76. The molecular weight excluding hydrogens is 386 g/mol. The van der Waals surface area contributed by atoms with Crippen molar-refractivity contribution in [3.05, 3.63) is 47.6 Å². The molecule has 3 N–H and O–H groups in total. The maximum absolute atomic E-state index is 10.3. The highest BCUT2D eigenvalue weighted by atomic mass is 16.3. The Morgan fingerprint density at radius 3 is 2.52 bits per heavy atom. The van der Waals surface area contributed by atoms with Crippen LogP contribution < -0.4 is 0 Å². The van der Waals surface area contributed by atoms with Crippen LogP contribution in [0.25, 0.3) is 0 Å². The van der Waals surface area contributed by atoms with Crippen molar-refractivity contribution in [1.29, 1.82) is 0 Å². The average Bonchev–Trinajstić information content (AvgIpc) is 3.04. The fraction of sp³-hybridized carbons (Fsp3) is 0.714. The van der Waals surface area contributed by atoms with Gasteiger partial charge in [-0.15, -0.1) is 0 Å². The lowest BCUT2D eigenvalue weighted by atomic mass is 9.61. The molecule has 31 heavy (non-hydrogen) atoms. The molecule has 0 spiro atoms. The highest BCUT2D eigenvalue weighted by Crippen LogP contribution is 2.59. The van der Waals surface area contributed by atoms with Gasteiger partial charge in [0, 0.05) is 12.3 Å². The van der Waals surface area contributed by atoms with Gasteiger partial charge in [0.2, 0.25) is 0 Å². The Kier molecular flexibility index (Phi) is 7.40. The summed E-state index contributed by atoms with van der Waals surface area (Å²) in [5, 5.41) is 30.4. The van der Waals surface area contributed by atoms with E-state index in [1.54, 1.807) is 0 Å². The number of aliphatic hydroxyl groups is 3. The predicted molar refractivity (Wildman–Crippen MR) is 128 cm³/mol. The summed E-state index contributed by atoms with van der Waals surface area (Å²) in [5.74, 6) is 1.91. The van der Waals surface area contributed by atoms with Crippen molar-refractivity contribution in [3.8, 4) is 0 Å². The molecule has 7 atom stereocenters. The SMILES string of the molecule is C=C1/C(=C\C=C2/CCC[C@]3(C)[C@@H]([C@H](C)/C=C/[C@H](C)C([13CH3])([13CH3])O)CC[C@@H]23)C[C@@H](O)C[C@@H]1O. The van der Waals surface area contributed by atoms with Crippen molar-refractivity contribution in [3.63, 3.8) is 0 Å². The molecule has 0 aliphatic heterocycles. The molecule has 3 fully saturated rings. The first-order valence-corrected chi connectivity index (χ1v) is 12.3. The molecule has 0 bridgehead atoms. The van der Waals surface area contributed by atoms with Crippen LogP contribution in [0.4, 0.5) is 0 Å². The molecular formula is C28H44O3. The lowest BCUT2D eigenvalue weighted by Gasteiger charge is -2.44. The molecule has 174 valence electrons. The van der Waals surface area contributed by atoms with Gasteiger partial charge in [-0.3, -0.25) is 0 Å². The first-order valence-electron chi connectivity index (χ1n) is 12.3. The van der Waals surface area contributed by atoms with Crippen LogP contribution in [0.2, 0.25) is 0 Å². The molecule has 0 saturated heterocycles. The van der Waals surface area contributed by atoms with Gasteiger partial charge >= 0.3 is 0 Å². The Bertz CT molecular complexity index is 753. The van der Waals surface area contributed by atoms with Gasteiger partial charge in [0.15, 0.2) is 0 Å². The van der Waals surface area contributed by atoms with E-state index in [0.717, 1.165) is 17.6 Å². The third-order valence-corrected chi connectivity index (χ3v) is 8.75. The standard InChI is InChI=1S/C28H44O3/c1-18(9-10-19(2)27(4,5)31)24-13-14-25-21(8-7-15-28(24,25)6)11-12-22-16-23(29)17-26(30)20(22)3/h9-12,18-19,23-26,29-31H,3,7-8,13-17H2,1-2,4-6H3/b10-9+,21-11+,22-12-/t18-,19+,23-,24-,25+,26+,28-/m1/s1/i4+1,5+1. The highest BCUT2D eigenvalue weighted by Gasteiger charge is 2.50. The van der Waals surface area contributed by atoms with Crippen molar-refractivity contribution in [2.45, 2.75) is 97.4 Å². The minimum Gasteiger partial charge on any atom is -0.393 e. The highest BCUT2D eigenvalue weighted by molar-refractivity contribution is 5.38. The number of hydrogen-bond donors (Lipinski definition) is 3. The van der Waals surface area contributed by atoms with E-state index in [1.807, 2.05) is 13.8 Å². The molecule has 3 heteroatoms. The van der Waals surface area contributed by atoms with Crippen LogP contribution in [0.5, 0.6) is 0 Å². The van der Waals surface area contributed by atoms with Crippen LogP contribution >= 0.6 is 0 Å². The molecule has 3 aliphatic rings. The largest absolute Gasteiger partial charge is 0.393 e. The quantitative estimate of drug-likeness (QED) is 0.386.